The van der Waals surface area contributed by atoms with Gasteiger partial charge in [0.25, 0.3) is 5.91 Å². The quantitative estimate of drug-likeness (QED) is 0.482. The van der Waals surface area contributed by atoms with Crippen molar-refractivity contribution in [3.63, 3.8) is 0 Å². The highest BCUT2D eigenvalue weighted by molar-refractivity contribution is 6.30. The number of carbonyl (C=O) groups excluding carboxylic acids is 1. The maximum absolute atomic E-state index is 12.3. The lowest BCUT2D eigenvalue weighted by molar-refractivity contribution is -0.140. The third-order valence-electron chi connectivity index (χ3n) is 6.42. The Kier molecular flexibility index (Phi) is 7.83. The number of carboxylic acid groups (broad SMARTS) is 1. The van der Waals surface area contributed by atoms with Gasteiger partial charge in [-0.25, -0.2) is 9.78 Å². The number of hydrogen-bond donors (Lipinski definition) is 3. The van der Waals surface area contributed by atoms with Crippen LogP contribution in [0.3, 0.4) is 0 Å². The molecule has 1 amide bonds. The number of pyridine rings is 1. The molecule has 1 aliphatic carbocycles. The summed E-state index contributed by atoms with van der Waals surface area (Å²) in [6, 6.07) is 9.68. The zero-order valence-electron chi connectivity index (χ0n) is 18.6. The molecule has 4 rings (SSSR count). The van der Waals surface area contributed by atoms with Gasteiger partial charge in [0.15, 0.2) is 0 Å². The Morgan fingerprint density at radius 1 is 1.21 bits per heavy atom. The third kappa shape index (κ3) is 6.45. The fourth-order valence-corrected chi connectivity index (χ4v) is 4.49. The number of aryl methyl sites for hydroxylation is 2. The van der Waals surface area contributed by atoms with Crippen molar-refractivity contribution >= 4 is 29.3 Å². The molecule has 2 aliphatic rings. The molecule has 3 N–H and O–H groups in total. The van der Waals surface area contributed by atoms with Gasteiger partial charge in [-0.05, 0) is 80.3 Å². The number of nitrogens with one attached hydrogen (secondary N) is 2. The van der Waals surface area contributed by atoms with Crippen molar-refractivity contribution in [2.24, 2.45) is 5.92 Å². The van der Waals surface area contributed by atoms with E-state index in [0.717, 1.165) is 50.2 Å². The van der Waals surface area contributed by atoms with Gasteiger partial charge in [-0.15, -0.1) is 0 Å². The Balaban J connectivity index is 1.14. The van der Waals surface area contributed by atoms with Gasteiger partial charge in [0, 0.05) is 35.9 Å². The predicted molar refractivity (Wildman–Crippen MR) is 127 cm³/mol. The summed E-state index contributed by atoms with van der Waals surface area (Å²) in [5, 5.41) is 15.9. The van der Waals surface area contributed by atoms with Crippen molar-refractivity contribution in [3.8, 4) is 0 Å². The summed E-state index contributed by atoms with van der Waals surface area (Å²) < 4.78 is 5.86. The summed E-state index contributed by atoms with van der Waals surface area (Å²) >= 11 is 5.83. The lowest BCUT2D eigenvalue weighted by Crippen LogP contribution is -2.42. The fourth-order valence-electron chi connectivity index (χ4n) is 4.36. The van der Waals surface area contributed by atoms with Crippen molar-refractivity contribution in [2.75, 3.05) is 18.5 Å². The van der Waals surface area contributed by atoms with Crippen molar-refractivity contribution < 1.29 is 19.4 Å². The minimum absolute atomic E-state index is 0.162. The molecule has 1 fully saturated rings. The molecule has 2 heterocycles. The first-order chi connectivity index (χ1) is 16.0. The lowest BCUT2D eigenvalue weighted by atomic mass is 9.79. The number of carboxylic acids is 1. The van der Waals surface area contributed by atoms with Gasteiger partial charge in [-0.2, -0.15) is 0 Å². The Hall–Kier alpha value is -2.64. The molecule has 176 valence electrons. The van der Waals surface area contributed by atoms with E-state index in [1.165, 1.54) is 12.0 Å². The summed E-state index contributed by atoms with van der Waals surface area (Å²) in [5.41, 5.74) is 2.82. The van der Waals surface area contributed by atoms with E-state index in [1.807, 2.05) is 0 Å². The lowest BCUT2D eigenvalue weighted by Gasteiger charge is -2.35. The molecule has 0 saturated heterocycles. The number of fused-ring (bicyclic) bond motifs is 1. The second kappa shape index (κ2) is 11.0. The molecule has 7 nitrogen and oxygen atoms in total. The second-order valence-corrected chi connectivity index (χ2v) is 9.31. The summed E-state index contributed by atoms with van der Waals surface area (Å²) in [5.74, 6) is 0.151. The maximum Gasteiger partial charge on any atom is 0.326 e. The van der Waals surface area contributed by atoms with Gasteiger partial charge < -0.3 is 20.5 Å². The minimum atomic E-state index is -1.07. The van der Waals surface area contributed by atoms with Crippen LogP contribution in [-0.2, 0) is 22.4 Å². The third-order valence-corrected chi connectivity index (χ3v) is 6.67. The molecule has 1 aromatic heterocycles. The van der Waals surface area contributed by atoms with Crippen molar-refractivity contribution in [1.29, 1.82) is 0 Å². The molecule has 0 bridgehead atoms. The molecular formula is C25H30ClN3O4. The first kappa shape index (κ1) is 23.5. The number of hydrogen-bond acceptors (Lipinski definition) is 5. The van der Waals surface area contributed by atoms with Crippen LogP contribution in [0.25, 0.3) is 0 Å². The standard InChI is InChI=1S/C25H30ClN3O4/c26-19-7-4-18(5-8-19)24(30)29-22(25(31)32)11-13-33-21-14-16(15-21)3-9-20-10-6-17-2-1-12-27-23(17)28-20/h4-8,10,16,21-22H,1-3,9,11-15H2,(H,27,28)(H,29,30)(H,31,32)/t16-,21-,22?. The van der Waals surface area contributed by atoms with Crippen LogP contribution in [0.5, 0.6) is 0 Å². The first-order valence-electron chi connectivity index (χ1n) is 11.6. The van der Waals surface area contributed by atoms with Crippen LogP contribution < -0.4 is 10.6 Å². The molecule has 1 unspecified atom stereocenters. The number of anilines is 1. The number of aliphatic carboxylic acids is 1. The second-order valence-electron chi connectivity index (χ2n) is 8.87. The van der Waals surface area contributed by atoms with Crippen molar-refractivity contribution in [2.45, 2.75) is 57.1 Å². The van der Waals surface area contributed by atoms with Crippen LogP contribution in [0.15, 0.2) is 36.4 Å². The van der Waals surface area contributed by atoms with Crippen LogP contribution in [-0.4, -0.2) is 47.3 Å². The van der Waals surface area contributed by atoms with Gasteiger partial charge in [0.05, 0.1) is 6.10 Å². The summed E-state index contributed by atoms with van der Waals surface area (Å²) in [7, 11) is 0. The summed E-state index contributed by atoms with van der Waals surface area (Å²) in [4.78, 5) is 28.6. The Morgan fingerprint density at radius 2 is 2.00 bits per heavy atom. The smallest absolute Gasteiger partial charge is 0.326 e. The van der Waals surface area contributed by atoms with E-state index < -0.39 is 17.9 Å². The first-order valence-corrected chi connectivity index (χ1v) is 12.0. The van der Waals surface area contributed by atoms with E-state index in [4.69, 9.17) is 21.3 Å². The zero-order valence-corrected chi connectivity index (χ0v) is 19.3. The van der Waals surface area contributed by atoms with Crippen LogP contribution in [0.1, 0.15) is 53.7 Å². The molecule has 8 heteroatoms. The molecule has 33 heavy (non-hydrogen) atoms. The maximum atomic E-state index is 12.3. The molecule has 1 saturated carbocycles. The van der Waals surface area contributed by atoms with Crippen LogP contribution in [0.4, 0.5) is 5.82 Å². The number of rotatable bonds is 10. The van der Waals surface area contributed by atoms with E-state index in [2.05, 4.69) is 22.8 Å². The fraction of sp³-hybridized carbons (Fsp3) is 0.480. The highest BCUT2D eigenvalue weighted by atomic mass is 35.5. The molecule has 0 spiro atoms. The molecule has 1 aromatic carbocycles. The van der Waals surface area contributed by atoms with E-state index >= 15 is 0 Å². The van der Waals surface area contributed by atoms with Crippen LogP contribution in [0.2, 0.25) is 5.02 Å². The van der Waals surface area contributed by atoms with Gasteiger partial charge >= 0.3 is 5.97 Å². The zero-order chi connectivity index (χ0) is 23.2. The molecule has 1 aliphatic heterocycles. The van der Waals surface area contributed by atoms with E-state index in [1.54, 1.807) is 24.3 Å². The Labute approximate surface area is 198 Å². The van der Waals surface area contributed by atoms with E-state index in [-0.39, 0.29) is 12.5 Å². The van der Waals surface area contributed by atoms with Gasteiger partial charge in [0.2, 0.25) is 0 Å². The number of amides is 1. The molecule has 0 radical (unpaired) electrons. The van der Waals surface area contributed by atoms with Crippen LogP contribution >= 0.6 is 11.6 Å². The number of carbonyl (C=O) groups is 2. The number of aromatic nitrogens is 1. The normalized spacial score (nSPS) is 20.2. The van der Waals surface area contributed by atoms with Crippen molar-refractivity contribution in [1.82, 2.24) is 10.3 Å². The monoisotopic (exact) mass is 471 g/mol. The van der Waals surface area contributed by atoms with Crippen LogP contribution in [0, 0.1) is 5.92 Å². The number of ether oxygens (including phenoxy) is 1. The number of nitrogens with zero attached hydrogens (tertiary/aromatic N) is 1. The number of benzene rings is 1. The number of halogens is 1. The van der Waals surface area contributed by atoms with Crippen molar-refractivity contribution in [3.05, 3.63) is 58.2 Å². The largest absolute Gasteiger partial charge is 0.480 e. The van der Waals surface area contributed by atoms with Gasteiger partial charge in [0.1, 0.15) is 11.9 Å². The van der Waals surface area contributed by atoms with E-state index in [0.29, 0.717) is 23.1 Å². The minimum Gasteiger partial charge on any atom is -0.480 e. The Morgan fingerprint density at radius 3 is 2.76 bits per heavy atom. The average Bonchev–Trinajstić information content (AvgIpc) is 2.79. The highest BCUT2D eigenvalue weighted by Crippen LogP contribution is 2.34. The molecule has 2 aromatic rings. The SMILES string of the molecule is O=C(NC(CCO[C@H]1C[C@H](CCc2ccc3c(n2)NCCC3)C1)C(=O)O)c1ccc(Cl)cc1. The summed E-state index contributed by atoms with van der Waals surface area (Å²) in [6.45, 7) is 1.30. The van der Waals surface area contributed by atoms with Gasteiger partial charge in [-0.1, -0.05) is 17.7 Å². The predicted octanol–water partition coefficient (Wildman–Crippen LogP) is 4.09. The molecular weight excluding hydrogens is 442 g/mol. The Bertz CT molecular complexity index is 976. The molecule has 1 atom stereocenters. The average molecular weight is 472 g/mol. The topological polar surface area (TPSA) is 101 Å². The summed E-state index contributed by atoms with van der Waals surface area (Å²) in [6.07, 6.45) is 6.67. The highest BCUT2D eigenvalue weighted by Gasteiger charge is 2.30. The van der Waals surface area contributed by atoms with E-state index in [9.17, 15) is 14.7 Å². The van der Waals surface area contributed by atoms with Gasteiger partial charge in [-0.3, -0.25) is 4.79 Å².